The number of benzene rings is 3. The van der Waals surface area contributed by atoms with Crippen molar-refractivity contribution in [3.8, 4) is 0 Å². The highest BCUT2D eigenvalue weighted by Gasteiger charge is 2.39. The van der Waals surface area contributed by atoms with Crippen molar-refractivity contribution in [1.29, 1.82) is 0 Å². The predicted molar refractivity (Wildman–Crippen MR) is 213 cm³/mol. The van der Waals surface area contributed by atoms with Crippen LogP contribution in [0.15, 0.2) is 79.0 Å². The minimum Gasteiger partial charge on any atom is -0.481 e. The molecule has 0 bridgehead atoms. The van der Waals surface area contributed by atoms with Gasteiger partial charge in [0.2, 0.25) is 29.5 Å². The molecular weight excluding hydrogens is 755 g/mol. The molecule has 1 saturated heterocycles. The van der Waals surface area contributed by atoms with Gasteiger partial charge in [0, 0.05) is 48.9 Å². The number of aromatic amines is 1. The number of aliphatic carboxylic acids is 1. The van der Waals surface area contributed by atoms with Crippen molar-refractivity contribution >= 4 is 58.0 Å². The zero-order valence-electron chi connectivity index (χ0n) is 31.9. The summed E-state index contributed by atoms with van der Waals surface area (Å²) in [6, 6.07) is 16.0. The maximum atomic E-state index is 14.6. The Balaban J connectivity index is 1.44. The number of carboxylic acid groups (broad SMARTS) is 1. The number of nitrogens with zero attached hydrogens (tertiary/aromatic N) is 1. The van der Waals surface area contributed by atoms with Gasteiger partial charge in [0.05, 0.1) is 0 Å². The number of aromatic nitrogens is 1. The van der Waals surface area contributed by atoms with E-state index in [0.717, 1.165) is 27.6 Å². The molecule has 5 rings (SSSR count). The lowest BCUT2D eigenvalue weighted by molar-refractivity contribution is -0.146. The number of alkyl halides is 1. The first-order valence-electron chi connectivity index (χ1n) is 19.0. The summed E-state index contributed by atoms with van der Waals surface area (Å²) in [6.07, 6.45) is 2.54. The third kappa shape index (κ3) is 11.4. The van der Waals surface area contributed by atoms with E-state index in [1.54, 1.807) is 13.1 Å². The number of piperidine rings is 1. The Kier molecular flexibility index (Phi) is 14.8. The van der Waals surface area contributed by atoms with Crippen molar-refractivity contribution in [2.75, 3.05) is 12.4 Å². The molecule has 0 spiro atoms. The molecule has 6 N–H and O–H groups in total. The number of nitrogens with one attached hydrogen (secondary N) is 5. The number of aryl methyl sites for hydroxylation is 1. The van der Waals surface area contributed by atoms with Crippen molar-refractivity contribution in [3.05, 3.63) is 107 Å². The highest BCUT2D eigenvalue weighted by molar-refractivity contribution is 6.27. The van der Waals surface area contributed by atoms with Crippen LogP contribution in [-0.2, 0) is 41.7 Å². The average molecular weight is 803 g/mol. The van der Waals surface area contributed by atoms with Gasteiger partial charge in [-0.2, -0.15) is 0 Å². The fourth-order valence-electron chi connectivity index (χ4n) is 7.09. The normalized spacial score (nSPS) is 16.1. The number of para-hydroxylation sites is 1. The summed E-state index contributed by atoms with van der Waals surface area (Å²) in [5.74, 6) is -5.82. The van der Waals surface area contributed by atoms with Crippen LogP contribution in [0.3, 0.4) is 0 Å². The lowest BCUT2D eigenvalue weighted by atomic mass is 9.91. The Bertz CT molecular complexity index is 2060. The Hall–Kier alpha value is -5.76. The molecule has 57 heavy (non-hydrogen) atoms. The fraction of sp³-hybridized carbons (Fsp3) is 0.381. The zero-order valence-corrected chi connectivity index (χ0v) is 32.6. The molecule has 4 aromatic rings. The SMILES string of the molecule is Cc1ccc(CNC(=O)[C@H](Cc2ccc(F)cc2)NC(=O)C(NC(=O)[C@@H]2CCCCN2C(=O)[C@H](CCC(=O)O)NC(=O)CCl)[C@@H](C)c2c[nH]c3ccccc23)cc1. The molecule has 0 saturated carbocycles. The third-order valence-corrected chi connectivity index (χ3v) is 10.5. The molecular formula is C42H48ClFN6O7. The first-order chi connectivity index (χ1) is 27.3. The van der Waals surface area contributed by atoms with Crippen LogP contribution in [0.1, 0.15) is 67.2 Å². The van der Waals surface area contributed by atoms with Crippen LogP contribution in [0.4, 0.5) is 4.39 Å². The van der Waals surface area contributed by atoms with Gasteiger partial charge in [-0.05, 0) is 67.5 Å². The first-order valence-corrected chi connectivity index (χ1v) is 19.5. The number of likely N-dealkylation sites (tertiary alicyclic amines) is 1. The minimum atomic E-state index is -1.25. The summed E-state index contributed by atoms with van der Waals surface area (Å²) in [6.45, 7) is 4.08. The number of fused-ring (bicyclic) bond motifs is 1. The molecule has 1 fully saturated rings. The Morgan fingerprint density at radius 2 is 1.60 bits per heavy atom. The maximum absolute atomic E-state index is 14.6. The molecule has 1 aliphatic heterocycles. The number of amides is 5. The number of halogens is 2. The second-order valence-corrected chi connectivity index (χ2v) is 14.7. The molecule has 0 radical (unpaired) electrons. The minimum absolute atomic E-state index is 0.0184. The van der Waals surface area contributed by atoms with Crippen LogP contribution < -0.4 is 21.3 Å². The topological polar surface area (TPSA) is 190 Å². The molecule has 1 unspecified atom stereocenters. The van der Waals surface area contributed by atoms with Crippen molar-refractivity contribution in [2.45, 2.75) is 89.0 Å². The monoisotopic (exact) mass is 802 g/mol. The number of hydrogen-bond donors (Lipinski definition) is 6. The highest BCUT2D eigenvalue weighted by Crippen LogP contribution is 2.29. The van der Waals surface area contributed by atoms with Crippen molar-refractivity contribution < 1.29 is 38.3 Å². The molecule has 15 heteroatoms. The van der Waals surface area contributed by atoms with E-state index in [-0.39, 0.29) is 32.4 Å². The van der Waals surface area contributed by atoms with Gasteiger partial charge in [-0.25, -0.2) is 4.39 Å². The van der Waals surface area contributed by atoms with Crippen LogP contribution in [0, 0.1) is 12.7 Å². The number of H-pyrrole nitrogens is 1. The van der Waals surface area contributed by atoms with Crippen LogP contribution >= 0.6 is 11.6 Å². The lowest BCUT2D eigenvalue weighted by Crippen LogP contribution is -2.61. The first kappa shape index (κ1) is 42.4. The van der Waals surface area contributed by atoms with Crippen molar-refractivity contribution in [1.82, 2.24) is 31.2 Å². The van der Waals surface area contributed by atoms with Gasteiger partial charge in [0.15, 0.2) is 0 Å². The van der Waals surface area contributed by atoms with E-state index in [0.29, 0.717) is 18.4 Å². The summed E-state index contributed by atoms with van der Waals surface area (Å²) < 4.78 is 13.8. The number of carboxylic acids is 1. The van der Waals surface area contributed by atoms with Gasteiger partial charge >= 0.3 is 5.97 Å². The lowest BCUT2D eigenvalue weighted by Gasteiger charge is -2.38. The summed E-state index contributed by atoms with van der Waals surface area (Å²) in [5.41, 5.74) is 4.02. The average Bonchev–Trinajstić information content (AvgIpc) is 3.65. The fourth-order valence-corrected chi connectivity index (χ4v) is 7.17. The van der Waals surface area contributed by atoms with Gasteiger partial charge in [0.1, 0.15) is 35.9 Å². The third-order valence-electron chi connectivity index (χ3n) is 10.3. The molecule has 2 heterocycles. The maximum Gasteiger partial charge on any atom is 0.303 e. The molecule has 0 aliphatic carbocycles. The standard InChI is InChI=1S/C42H48ClFN6O7/c1-25-10-12-28(13-11-25)23-46-39(54)34(21-27-14-16-29(44)17-15-27)48-41(56)38(26(2)31-24-45-32-8-4-3-7-30(31)32)49-40(55)35-9-5-6-20-50(35)42(57)33(18-19-37(52)53)47-36(51)22-43/h3-4,7-8,10-17,24,26,33-35,38,45H,5-6,9,18-23H2,1-2H3,(H,46,54)(H,47,51)(H,48,56)(H,49,55)(H,52,53)/t26-,33-,34-,35-,38?/m0/s1. The molecule has 302 valence electrons. The molecule has 1 aromatic heterocycles. The molecule has 3 aromatic carbocycles. The van der Waals surface area contributed by atoms with Gasteiger partial charge < -0.3 is 36.3 Å². The summed E-state index contributed by atoms with van der Waals surface area (Å²) >= 11 is 5.68. The predicted octanol–water partition coefficient (Wildman–Crippen LogP) is 4.22. The van der Waals surface area contributed by atoms with E-state index in [4.69, 9.17) is 11.6 Å². The largest absolute Gasteiger partial charge is 0.481 e. The summed E-state index contributed by atoms with van der Waals surface area (Å²) in [4.78, 5) is 84.8. The number of rotatable bonds is 17. The van der Waals surface area contributed by atoms with Crippen LogP contribution in [0.5, 0.6) is 0 Å². The van der Waals surface area contributed by atoms with E-state index in [2.05, 4.69) is 26.3 Å². The number of hydrogen-bond acceptors (Lipinski definition) is 6. The van der Waals surface area contributed by atoms with E-state index in [1.807, 2.05) is 55.5 Å². The van der Waals surface area contributed by atoms with Crippen molar-refractivity contribution in [3.63, 3.8) is 0 Å². The Morgan fingerprint density at radius 1 is 0.895 bits per heavy atom. The Labute approximate surface area is 335 Å². The van der Waals surface area contributed by atoms with Crippen LogP contribution in [0.25, 0.3) is 10.9 Å². The summed E-state index contributed by atoms with van der Waals surface area (Å²) in [5, 5.41) is 21.3. The van der Waals surface area contributed by atoms with E-state index in [1.165, 1.54) is 29.2 Å². The van der Waals surface area contributed by atoms with E-state index < -0.39 is 83.7 Å². The second kappa shape index (κ2) is 19.9. The van der Waals surface area contributed by atoms with Crippen LogP contribution in [-0.4, -0.2) is 87.1 Å². The summed E-state index contributed by atoms with van der Waals surface area (Å²) in [7, 11) is 0. The smallest absolute Gasteiger partial charge is 0.303 e. The Morgan fingerprint density at radius 3 is 2.30 bits per heavy atom. The van der Waals surface area contributed by atoms with E-state index in [9.17, 15) is 38.3 Å². The second-order valence-electron chi connectivity index (χ2n) is 14.4. The van der Waals surface area contributed by atoms with Crippen molar-refractivity contribution in [2.24, 2.45) is 0 Å². The zero-order chi connectivity index (χ0) is 41.1. The quantitative estimate of drug-likeness (QED) is 0.0863. The number of carbonyl (C=O) groups excluding carboxylic acids is 5. The van der Waals surface area contributed by atoms with Gasteiger partial charge in [0.25, 0.3) is 0 Å². The molecule has 1 aliphatic rings. The molecule has 13 nitrogen and oxygen atoms in total. The van der Waals surface area contributed by atoms with E-state index >= 15 is 0 Å². The molecule has 5 amide bonds. The van der Waals surface area contributed by atoms with Crippen LogP contribution in [0.2, 0.25) is 0 Å². The van der Waals surface area contributed by atoms with Gasteiger partial charge in [-0.1, -0.05) is 67.1 Å². The molecule has 5 atom stereocenters. The number of carbonyl (C=O) groups is 6. The van der Waals surface area contributed by atoms with Gasteiger partial charge in [-0.3, -0.25) is 28.8 Å². The highest BCUT2D eigenvalue weighted by atomic mass is 35.5. The van der Waals surface area contributed by atoms with Gasteiger partial charge in [-0.15, -0.1) is 11.6 Å².